The summed E-state index contributed by atoms with van der Waals surface area (Å²) >= 11 is 0. The zero-order valence-electron chi connectivity index (χ0n) is 21.1. The molecule has 0 radical (unpaired) electrons. The molecule has 0 aromatic heterocycles. The maximum atomic E-state index is 13.3. The molecule has 2 atom stereocenters. The molecule has 0 saturated carbocycles. The number of carbonyl (C=O) groups is 3. The Kier molecular flexibility index (Phi) is 9.16. The summed E-state index contributed by atoms with van der Waals surface area (Å²) in [4.78, 5) is 39.0. The second-order valence-electron chi connectivity index (χ2n) is 9.26. The monoisotopic (exact) mass is 504 g/mol. The van der Waals surface area contributed by atoms with Gasteiger partial charge in [-0.2, -0.15) is 0 Å². The van der Waals surface area contributed by atoms with Crippen LogP contribution in [-0.4, -0.2) is 50.8 Å². The Morgan fingerprint density at radius 1 is 0.865 bits per heavy atom. The Labute approximate surface area is 216 Å². The Bertz CT molecular complexity index is 1140. The smallest absolute Gasteiger partial charge is 0.335 e. The van der Waals surface area contributed by atoms with Crippen molar-refractivity contribution in [2.24, 2.45) is 0 Å². The Morgan fingerprint density at radius 3 is 1.78 bits per heavy atom. The summed E-state index contributed by atoms with van der Waals surface area (Å²) in [6.07, 6.45) is -2.14. The van der Waals surface area contributed by atoms with E-state index in [9.17, 15) is 24.7 Å². The van der Waals surface area contributed by atoms with Crippen LogP contribution in [0.5, 0.6) is 0 Å². The highest BCUT2D eigenvalue weighted by atomic mass is 16.6. The second-order valence-corrected chi connectivity index (χ2v) is 9.26. The number of aliphatic hydroxyl groups is 1. The fourth-order valence-electron chi connectivity index (χ4n) is 3.72. The van der Waals surface area contributed by atoms with Crippen LogP contribution in [0.15, 0.2) is 91.0 Å². The van der Waals surface area contributed by atoms with Gasteiger partial charge in [0.1, 0.15) is 6.04 Å². The van der Waals surface area contributed by atoms with Crippen LogP contribution in [0.4, 0.5) is 0 Å². The third-order valence-corrected chi connectivity index (χ3v) is 5.94. The summed E-state index contributed by atoms with van der Waals surface area (Å²) in [6.45, 7) is 3.96. The van der Waals surface area contributed by atoms with E-state index in [0.717, 1.165) is 5.56 Å². The van der Waals surface area contributed by atoms with Gasteiger partial charge in [-0.25, -0.2) is 9.86 Å². The SMILES string of the molecule is C[C@@H](O)[C@H](NC(=O)Cc1ccccc1)C(=O)N(O)C(C)(C)C(=O)OC(c1ccccc1)c1ccccc1. The van der Waals surface area contributed by atoms with Crippen LogP contribution in [-0.2, 0) is 25.5 Å². The van der Waals surface area contributed by atoms with Crippen molar-refractivity contribution in [3.05, 3.63) is 108 Å². The van der Waals surface area contributed by atoms with Crippen LogP contribution in [0, 0.1) is 0 Å². The zero-order valence-corrected chi connectivity index (χ0v) is 21.1. The third-order valence-electron chi connectivity index (χ3n) is 5.94. The molecule has 3 aromatic carbocycles. The molecular weight excluding hydrogens is 472 g/mol. The normalized spacial score (nSPS) is 12.9. The van der Waals surface area contributed by atoms with E-state index in [0.29, 0.717) is 11.1 Å². The highest BCUT2D eigenvalue weighted by Crippen LogP contribution is 2.29. The van der Waals surface area contributed by atoms with Crippen LogP contribution < -0.4 is 5.32 Å². The molecule has 194 valence electrons. The van der Waals surface area contributed by atoms with Crippen molar-refractivity contribution >= 4 is 17.8 Å². The van der Waals surface area contributed by atoms with Gasteiger partial charge >= 0.3 is 5.97 Å². The van der Waals surface area contributed by atoms with E-state index in [1.165, 1.54) is 20.8 Å². The summed E-state index contributed by atoms with van der Waals surface area (Å²) in [6, 6.07) is 25.6. The lowest BCUT2D eigenvalue weighted by molar-refractivity contribution is -0.207. The number of carbonyl (C=O) groups excluding carboxylic acids is 3. The molecule has 8 heteroatoms. The lowest BCUT2D eigenvalue weighted by Crippen LogP contribution is -2.60. The highest BCUT2D eigenvalue weighted by Gasteiger charge is 2.44. The van der Waals surface area contributed by atoms with E-state index in [1.807, 2.05) is 66.7 Å². The van der Waals surface area contributed by atoms with Gasteiger partial charge in [-0.15, -0.1) is 0 Å². The van der Waals surface area contributed by atoms with Crippen LogP contribution >= 0.6 is 0 Å². The van der Waals surface area contributed by atoms with Crippen LogP contribution in [0.3, 0.4) is 0 Å². The topological polar surface area (TPSA) is 116 Å². The number of hydroxylamine groups is 2. The van der Waals surface area contributed by atoms with Crippen molar-refractivity contribution in [1.29, 1.82) is 0 Å². The minimum Gasteiger partial charge on any atom is -0.451 e. The predicted octanol–water partition coefficient (Wildman–Crippen LogP) is 3.42. The van der Waals surface area contributed by atoms with Gasteiger partial charge in [-0.3, -0.25) is 14.8 Å². The zero-order chi connectivity index (χ0) is 27.0. The lowest BCUT2D eigenvalue weighted by Gasteiger charge is -2.35. The first kappa shape index (κ1) is 27.6. The first-order valence-electron chi connectivity index (χ1n) is 12.0. The maximum Gasteiger partial charge on any atom is 0.335 e. The Morgan fingerprint density at radius 2 is 1.32 bits per heavy atom. The molecule has 3 aromatic rings. The average molecular weight is 505 g/mol. The van der Waals surface area contributed by atoms with Gasteiger partial charge in [0.05, 0.1) is 12.5 Å². The van der Waals surface area contributed by atoms with Gasteiger partial charge in [-0.05, 0) is 37.5 Å². The minimum atomic E-state index is -1.84. The number of amides is 2. The third kappa shape index (κ3) is 7.03. The summed E-state index contributed by atoms with van der Waals surface area (Å²) in [5, 5.41) is 23.7. The predicted molar refractivity (Wildman–Crippen MR) is 137 cm³/mol. The largest absolute Gasteiger partial charge is 0.451 e. The summed E-state index contributed by atoms with van der Waals surface area (Å²) in [7, 11) is 0. The van der Waals surface area contributed by atoms with Crippen molar-refractivity contribution in [3.63, 3.8) is 0 Å². The highest BCUT2D eigenvalue weighted by molar-refractivity contribution is 5.92. The summed E-state index contributed by atoms with van der Waals surface area (Å²) in [5.41, 5.74) is 0.303. The van der Waals surface area contributed by atoms with Crippen molar-refractivity contribution in [3.8, 4) is 0 Å². The van der Waals surface area contributed by atoms with E-state index in [4.69, 9.17) is 4.74 Å². The number of nitrogens with one attached hydrogen (secondary N) is 1. The summed E-state index contributed by atoms with van der Waals surface area (Å²) < 4.78 is 5.82. The molecule has 0 aliphatic carbocycles. The quantitative estimate of drug-likeness (QED) is 0.221. The molecule has 0 saturated heterocycles. The van der Waals surface area contributed by atoms with Crippen molar-refractivity contribution < 1.29 is 29.4 Å². The van der Waals surface area contributed by atoms with Gasteiger partial charge in [0.25, 0.3) is 5.91 Å². The van der Waals surface area contributed by atoms with E-state index < -0.39 is 41.6 Å². The van der Waals surface area contributed by atoms with E-state index in [-0.39, 0.29) is 11.5 Å². The van der Waals surface area contributed by atoms with Gasteiger partial charge < -0.3 is 15.2 Å². The Balaban J connectivity index is 1.76. The first-order chi connectivity index (χ1) is 17.6. The molecule has 3 N–H and O–H groups in total. The molecule has 0 unspecified atom stereocenters. The fraction of sp³-hybridized carbons (Fsp3) is 0.276. The Hall–Kier alpha value is -4.01. The van der Waals surface area contributed by atoms with Gasteiger partial charge in [0.2, 0.25) is 5.91 Å². The number of benzene rings is 3. The first-order valence-corrected chi connectivity index (χ1v) is 12.0. The maximum absolute atomic E-state index is 13.3. The number of ether oxygens (including phenoxy) is 1. The molecule has 8 nitrogen and oxygen atoms in total. The second kappa shape index (κ2) is 12.3. The number of esters is 1. The standard InChI is InChI=1S/C29H32N2O6/c1-20(32)25(30-24(33)19-21-13-7-4-8-14-21)27(34)31(36)29(2,3)28(35)37-26(22-15-9-5-10-16-22)23-17-11-6-12-18-23/h4-18,20,25-26,32,36H,19H2,1-3H3,(H,30,33)/t20-,25+/m1/s1. The van der Waals surface area contributed by atoms with Crippen molar-refractivity contribution in [2.45, 2.75) is 51.0 Å². The molecule has 0 aliphatic rings. The number of aliphatic hydroxyl groups excluding tert-OH is 1. The lowest BCUT2D eigenvalue weighted by atomic mass is 9.99. The van der Waals surface area contributed by atoms with Crippen LogP contribution in [0.2, 0.25) is 0 Å². The van der Waals surface area contributed by atoms with Crippen LogP contribution in [0.25, 0.3) is 0 Å². The van der Waals surface area contributed by atoms with E-state index in [2.05, 4.69) is 5.32 Å². The molecule has 3 rings (SSSR count). The molecular formula is C29H32N2O6. The van der Waals surface area contributed by atoms with Crippen molar-refractivity contribution in [2.75, 3.05) is 0 Å². The molecule has 2 amide bonds. The van der Waals surface area contributed by atoms with Crippen LogP contribution in [0.1, 0.15) is 43.6 Å². The average Bonchev–Trinajstić information content (AvgIpc) is 2.90. The number of hydrogen-bond acceptors (Lipinski definition) is 6. The molecule has 0 fully saturated rings. The van der Waals surface area contributed by atoms with E-state index in [1.54, 1.807) is 24.3 Å². The number of rotatable bonds is 10. The fourth-order valence-corrected chi connectivity index (χ4v) is 3.72. The van der Waals surface area contributed by atoms with Gasteiger partial charge in [-0.1, -0.05) is 91.0 Å². The minimum absolute atomic E-state index is 0.0238. The molecule has 0 heterocycles. The molecule has 0 bridgehead atoms. The van der Waals surface area contributed by atoms with E-state index >= 15 is 0 Å². The molecule has 0 spiro atoms. The number of nitrogens with zero attached hydrogens (tertiary/aromatic N) is 1. The molecule has 0 aliphatic heterocycles. The number of hydrogen-bond donors (Lipinski definition) is 3. The van der Waals surface area contributed by atoms with Gasteiger partial charge in [0.15, 0.2) is 11.6 Å². The summed E-state index contributed by atoms with van der Waals surface area (Å²) in [5.74, 6) is -2.44. The molecule has 37 heavy (non-hydrogen) atoms. The van der Waals surface area contributed by atoms with Crippen molar-refractivity contribution in [1.82, 2.24) is 10.4 Å². The van der Waals surface area contributed by atoms with Gasteiger partial charge in [0, 0.05) is 0 Å².